The van der Waals surface area contributed by atoms with Crippen molar-refractivity contribution in [1.29, 1.82) is 5.26 Å². The number of carbonyl (C=O) groups is 2. The predicted molar refractivity (Wildman–Crippen MR) is 82.0 cm³/mol. The van der Waals surface area contributed by atoms with Gasteiger partial charge in [0.25, 0.3) is 5.91 Å². The molecule has 0 fully saturated rings. The van der Waals surface area contributed by atoms with Gasteiger partial charge in [0, 0.05) is 24.1 Å². The minimum atomic E-state index is -0.586. The van der Waals surface area contributed by atoms with Gasteiger partial charge in [-0.3, -0.25) is 4.79 Å². The van der Waals surface area contributed by atoms with Crippen molar-refractivity contribution in [3.63, 3.8) is 0 Å². The van der Waals surface area contributed by atoms with Crippen molar-refractivity contribution < 1.29 is 14.3 Å². The normalized spacial score (nSPS) is 10.1. The number of likely N-dealkylation sites (N-methyl/N-ethyl adjacent to an activating group) is 1. The number of halogens is 1. The topological polar surface area (TPSA) is 70.4 Å². The lowest BCUT2D eigenvalue weighted by Crippen LogP contribution is -2.31. The highest BCUT2D eigenvalue weighted by Crippen LogP contribution is 2.12. The summed E-state index contributed by atoms with van der Waals surface area (Å²) in [5.74, 6) is -0.925. The first-order valence-electron chi connectivity index (χ1n) is 6.24. The lowest BCUT2D eigenvalue weighted by atomic mass is 10.2. The van der Waals surface area contributed by atoms with E-state index in [1.807, 2.05) is 30.3 Å². The van der Waals surface area contributed by atoms with Crippen LogP contribution in [0.25, 0.3) is 6.08 Å². The molecule has 0 radical (unpaired) electrons. The van der Waals surface area contributed by atoms with Crippen LogP contribution in [0.1, 0.15) is 12.0 Å². The Hall–Kier alpha value is -2.13. The van der Waals surface area contributed by atoms with Crippen molar-refractivity contribution in [2.24, 2.45) is 0 Å². The molecule has 0 N–H and O–H groups in total. The Bertz CT molecular complexity index is 579. The molecule has 0 aromatic heterocycles. The summed E-state index contributed by atoms with van der Waals surface area (Å²) in [6.07, 6.45) is 3.13. The van der Waals surface area contributed by atoms with Gasteiger partial charge in [-0.2, -0.15) is 5.26 Å². The molecule has 1 aromatic rings. The number of ether oxygens (including phenoxy) is 1. The maximum Gasteiger partial charge on any atom is 0.331 e. The highest BCUT2D eigenvalue weighted by atomic mass is 79.9. The summed E-state index contributed by atoms with van der Waals surface area (Å²) >= 11 is 3.33. The summed E-state index contributed by atoms with van der Waals surface area (Å²) in [6, 6.07) is 9.37. The second-order valence-electron chi connectivity index (χ2n) is 4.22. The minimum absolute atomic E-state index is 0.249. The second-order valence-corrected chi connectivity index (χ2v) is 5.14. The molecule has 0 aliphatic heterocycles. The first-order valence-corrected chi connectivity index (χ1v) is 7.03. The van der Waals surface area contributed by atoms with Crippen molar-refractivity contribution >= 4 is 33.9 Å². The zero-order valence-electron chi connectivity index (χ0n) is 11.6. The van der Waals surface area contributed by atoms with E-state index >= 15 is 0 Å². The number of nitriles is 1. The zero-order chi connectivity index (χ0) is 15.7. The highest BCUT2D eigenvalue weighted by Gasteiger charge is 2.10. The Morgan fingerprint density at radius 2 is 2.24 bits per heavy atom. The molecule has 0 heterocycles. The number of benzene rings is 1. The first kappa shape index (κ1) is 16.9. The fraction of sp³-hybridized carbons (Fsp3) is 0.267. The number of rotatable bonds is 6. The summed E-state index contributed by atoms with van der Waals surface area (Å²) in [5.41, 5.74) is 0.846. The Balaban J connectivity index is 2.40. The van der Waals surface area contributed by atoms with Crippen LogP contribution in [0.2, 0.25) is 0 Å². The number of hydrogen-bond donors (Lipinski definition) is 0. The van der Waals surface area contributed by atoms with Crippen LogP contribution in [0.3, 0.4) is 0 Å². The fourth-order valence-electron chi connectivity index (χ4n) is 1.41. The molecule has 1 aromatic carbocycles. The van der Waals surface area contributed by atoms with Crippen LogP contribution >= 0.6 is 15.9 Å². The average molecular weight is 351 g/mol. The van der Waals surface area contributed by atoms with Crippen LogP contribution in [0.5, 0.6) is 0 Å². The third kappa shape index (κ3) is 6.72. The number of nitrogens with zero attached hydrogens (tertiary/aromatic N) is 2. The van der Waals surface area contributed by atoms with Gasteiger partial charge in [-0.1, -0.05) is 28.1 Å². The van der Waals surface area contributed by atoms with Crippen LogP contribution in [0.4, 0.5) is 0 Å². The van der Waals surface area contributed by atoms with Crippen molar-refractivity contribution in [3.05, 3.63) is 40.4 Å². The lowest BCUT2D eigenvalue weighted by molar-refractivity contribution is -0.147. The average Bonchev–Trinajstić information content (AvgIpc) is 2.48. The summed E-state index contributed by atoms with van der Waals surface area (Å²) < 4.78 is 5.75. The van der Waals surface area contributed by atoms with Crippen molar-refractivity contribution in [2.75, 3.05) is 20.2 Å². The van der Waals surface area contributed by atoms with E-state index in [4.69, 9.17) is 10.00 Å². The maximum atomic E-state index is 11.6. The zero-order valence-corrected chi connectivity index (χ0v) is 13.2. The fourth-order valence-corrected chi connectivity index (χ4v) is 1.83. The molecule has 0 aliphatic rings. The molecule has 0 saturated carbocycles. The Labute approximate surface area is 131 Å². The van der Waals surface area contributed by atoms with Gasteiger partial charge >= 0.3 is 5.97 Å². The lowest BCUT2D eigenvalue weighted by Gasteiger charge is -2.14. The van der Waals surface area contributed by atoms with E-state index in [2.05, 4.69) is 15.9 Å². The molecule has 110 valence electrons. The summed E-state index contributed by atoms with van der Waals surface area (Å²) in [6.45, 7) is -0.00957. The minimum Gasteiger partial charge on any atom is -0.452 e. The molecule has 21 heavy (non-hydrogen) atoms. The standard InChI is InChI=1S/C15H15BrN2O3/c1-18(9-3-8-17)14(19)11-21-15(20)7-6-12-4-2-5-13(16)10-12/h2,4-7,10H,3,9,11H2,1H3/b7-6+. The Morgan fingerprint density at radius 3 is 2.90 bits per heavy atom. The van der Waals surface area contributed by atoms with Gasteiger partial charge < -0.3 is 9.64 Å². The summed E-state index contributed by atoms with van der Waals surface area (Å²) in [7, 11) is 1.56. The second kappa shape index (κ2) is 8.93. The van der Waals surface area contributed by atoms with E-state index < -0.39 is 5.97 Å². The van der Waals surface area contributed by atoms with Crippen LogP contribution in [-0.4, -0.2) is 37.0 Å². The SMILES string of the molecule is CN(CCC#N)C(=O)COC(=O)/C=C/c1cccc(Br)c1. The third-order valence-electron chi connectivity index (χ3n) is 2.58. The van der Waals surface area contributed by atoms with Crippen LogP contribution in [0, 0.1) is 11.3 Å². The maximum absolute atomic E-state index is 11.6. The quantitative estimate of drug-likeness (QED) is 0.583. The molecule has 0 saturated heterocycles. The van der Waals surface area contributed by atoms with Crippen molar-refractivity contribution in [3.8, 4) is 6.07 Å². The van der Waals surface area contributed by atoms with Gasteiger partial charge in [-0.25, -0.2) is 4.79 Å². The van der Waals surface area contributed by atoms with Crippen LogP contribution in [-0.2, 0) is 14.3 Å². The van der Waals surface area contributed by atoms with E-state index in [1.165, 1.54) is 11.0 Å². The van der Waals surface area contributed by atoms with E-state index in [9.17, 15) is 9.59 Å². The smallest absolute Gasteiger partial charge is 0.331 e. The van der Waals surface area contributed by atoms with Gasteiger partial charge in [0.05, 0.1) is 12.5 Å². The van der Waals surface area contributed by atoms with Gasteiger partial charge in [0.1, 0.15) is 0 Å². The first-order chi connectivity index (χ1) is 10.0. The predicted octanol–water partition coefficient (Wildman–Crippen LogP) is 2.38. The van der Waals surface area contributed by atoms with E-state index in [1.54, 1.807) is 13.1 Å². The number of amides is 1. The molecule has 0 aliphatic carbocycles. The van der Waals surface area contributed by atoms with E-state index in [0.29, 0.717) is 6.54 Å². The molecule has 1 rings (SSSR count). The van der Waals surface area contributed by atoms with Crippen molar-refractivity contribution in [2.45, 2.75) is 6.42 Å². The van der Waals surface area contributed by atoms with Gasteiger partial charge in [0.2, 0.25) is 0 Å². The van der Waals surface area contributed by atoms with Crippen molar-refractivity contribution in [1.82, 2.24) is 4.90 Å². The van der Waals surface area contributed by atoms with Crippen LogP contribution in [0.15, 0.2) is 34.8 Å². The third-order valence-corrected chi connectivity index (χ3v) is 3.08. The van der Waals surface area contributed by atoms with Gasteiger partial charge in [-0.15, -0.1) is 0 Å². The van der Waals surface area contributed by atoms with Gasteiger partial charge in [-0.05, 0) is 23.8 Å². The summed E-state index contributed by atoms with van der Waals surface area (Å²) in [5, 5.41) is 8.43. The highest BCUT2D eigenvalue weighted by molar-refractivity contribution is 9.10. The van der Waals surface area contributed by atoms with E-state index in [0.717, 1.165) is 10.0 Å². The molecule has 0 unspecified atom stereocenters. The molecule has 5 nitrogen and oxygen atoms in total. The van der Waals surface area contributed by atoms with Gasteiger partial charge in [0.15, 0.2) is 6.61 Å². The number of esters is 1. The molecule has 0 spiro atoms. The van der Waals surface area contributed by atoms with Crippen LogP contribution < -0.4 is 0 Å². The number of hydrogen-bond acceptors (Lipinski definition) is 4. The number of carbonyl (C=O) groups excluding carboxylic acids is 2. The van der Waals surface area contributed by atoms with E-state index in [-0.39, 0.29) is 18.9 Å². The molecule has 6 heteroatoms. The molecular weight excluding hydrogens is 336 g/mol. The Morgan fingerprint density at radius 1 is 1.48 bits per heavy atom. The Kier molecular flexibility index (Phi) is 7.19. The monoisotopic (exact) mass is 350 g/mol. The largest absolute Gasteiger partial charge is 0.452 e. The molecular formula is C15H15BrN2O3. The summed E-state index contributed by atoms with van der Waals surface area (Å²) in [4.78, 5) is 24.4. The molecule has 0 bridgehead atoms. The molecule has 0 atom stereocenters. The molecule has 1 amide bonds.